The molecule has 1 fully saturated rings. The first-order chi connectivity index (χ1) is 12.3. The smallest absolute Gasteiger partial charge is 0.315 e. The van der Waals surface area contributed by atoms with Crippen molar-refractivity contribution in [1.82, 2.24) is 0 Å². The number of carbonyl (C=O) groups excluding carboxylic acids is 2. The van der Waals surface area contributed by atoms with Gasteiger partial charge in [-0.25, -0.2) is 0 Å². The zero-order chi connectivity index (χ0) is 18.5. The van der Waals surface area contributed by atoms with E-state index in [0.717, 1.165) is 16.7 Å². The number of benzene rings is 2. The lowest BCUT2D eigenvalue weighted by Gasteiger charge is -2.62. The van der Waals surface area contributed by atoms with Crippen LogP contribution in [0, 0.1) is 5.41 Å². The van der Waals surface area contributed by atoms with E-state index in [1.807, 2.05) is 57.2 Å². The van der Waals surface area contributed by atoms with E-state index in [4.69, 9.17) is 9.47 Å². The Morgan fingerprint density at radius 3 is 2.46 bits per heavy atom. The van der Waals surface area contributed by atoms with Crippen molar-refractivity contribution in [3.63, 3.8) is 0 Å². The molecule has 2 aliphatic carbocycles. The van der Waals surface area contributed by atoms with Gasteiger partial charge in [0, 0.05) is 16.5 Å². The molecular formula is C22H20O4. The molecule has 4 heteroatoms. The number of esters is 1. The predicted molar refractivity (Wildman–Crippen MR) is 95.4 cm³/mol. The van der Waals surface area contributed by atoms with Crippen LogP contribution in [0.1, 0.15) is 53.7 Å². The van der Waals surface area contributed by atoms with Gasteiger partial charge in [0.2, 0.25) is 0 Å². The first-order valence-electron chi connectivity index (χ1n) is 8.86. The number of Topliss-reactive ketones (excluding diaryl/α,β-unsaturated/α-hetero) is 1. The molecule has 4 atom stereocenters. The van der Waals surface area contributed by atoms with Gasteiger partial charge in [-0.2, -0.15) is 0 Å². The average molecular weight is 348 g/mol. The molecule has 0 unspecified atom stereocenters. The quantitative estimate of drug-likeness (QED) is 0.737. The summed E-state index contributed by atoms with van der Waals surface area (Å²) in [4.78, 5) is 26.7. The maximum absolute atomic E-state index is 13.7. The fraction of sp³-hybridized carbons (Fsp3) is 0.364. The van der Waals surface area contributed by atoms with Gasteiger partial charge in [0.25, 0.3) is 0 Å². The molecule has 132 valence electrons. The fourth-order valence-corrected chi connectivity index (χ4v) is 5.77. The Bertz CT molecular complexity index is 1010. The third kappa shape index (κ3) is 1.31. The normalized spacial score (nSPS) is 36.2. The molecule has 6 rings (SSSR count). The third-order valence-electron chi connectivity index (χ3n) is 7.38. The summed E-state index contributed by atoms with van der Waals surface area (Å²) in [5, 5.41) is 0. The molecule has 2 aliphatic heterocycles. The van der Waals surface area contributed by atoms with Gasteiger partial charge in [-0.15, -0.1) is 0 Å². The van der Waals surface area contributed by atoms with Crippen LogP contribution in [0.2, 0.25) is 0 Å². The SMILES string of the molecule is COc1ccc2c(c1)C(=O)[C@]1(C)[C@@]3(C)OC(=O)[C@@H](c4ccccc43)[C@]21C. The van der Waals surface area contributed by atoms with Crippen LogP contribution in [-0.4, -0.2) is 18.9 Å². The molecule has 26 heavy (non-hydrogen) atoms. The lowest BCUT2D eigenvalue weighted by Crippen LogP contribution is -2.68. The predicted octanol–water partition coefficient (Wildman–Crippen LogP) is 3.72. The summed E-state index contributed by atoms with van der Waals surface area (Å²) in [7, 11) is 1.59. The lowest BCUT2D eigenvalue weighted by molar-refractivity contribution is -0.207. The van der Waals surface area contributed by atoms with Crippen LogP contribution in [0.4, 0.5) is 0 Å². The van der Waals surface area contributed by atoms with Crippen molar-refractivity contribution >= 4 is 11.8 Å². The second-order valence-electron chi connectivity index (χ2n) is 8.04. The van der Waals surface area contributed by atoms with Crippen molar-refractivity contribution in [2.24, 2.45) is 5.41 Å². The Kier molecular flexibility index (Phi) is 2.63. The monoisotopic (exact) mass is 348 g/mol. The van der Waals surface area contributed by atoms with E-state index in [0.29, 0.717) is 11.3 Å². The Labute approximate surface area is 152 Å². The van der Waals surface area contributed by atoms with Crippen molar-refractivity contribution in [1.29, 1.82) is 0 Å². The Morgan fingerprint density at radius 1 is 1.00 bits per heavy atom. The minimum absolute atomic E-state index is 0.0170. The van der Waals surface area contributed by atoms with Gasteiger partial charge < -0.3 is 9.47 Å². The fourth-order valence-electron chi connectivity index (χ4n) is 5.77. The van der Waals surface area contributed by atoms with Gasteiger partial charge in [-0.1, -0.05) is 37.3 Å². The number of hydrogen-bond donors (Lipinski definition) is 0. The van der Waals surface area contributed by atoms with Crippen LogP contribution in [0.15, 0.2) is 42.5 Å². The van der Waals surface area contributed by atoms with Crippen LogP contribution in [-0.2, 0) is 20.5 Å². The lowest BCUT2D eigenvalue weighted by atomic mass is 9.44. The van der Waals surface area contributed by atoms with Crippen molar-refractivity contribution in [3.8, 4) is 5.75 Å². The minimum Gasteiger partial charge on any atom is -0.497 e. The molecule has 2 heterocycles. The highest BCUT2D eigenvalue weighted by atomic mass is 16.6. The standard InChI is InChI=1S/C22H20O4/c1-20-15-10-9-12(25-4)11-14(15)18(23)21(20,2)22(3)16-8-6-5-7-13(16)17(20)19(24)26-22/h5-11,17H,1-4H3/t17-,20+,21+,22+/m1/s1. The molecule has 0 radical (unpaired) electrons. The van der Waals surface area contributed by atoms with Gasteiger partial charge in [-0.05, 0) is 37.1 Å². The van der Waals surface area contributed by atoms with Crippen LogP contribution >= 0.6 is 0 Å². The summed E-state index contributed by atoms with van der Waals surface area (Å²) >= 11 is 0. The van der Waals surface area contributed by atoms with E-state index in [1.54, 1.807) is 13.2 Å². The van der Waals surface area contributed by atoms with Crippen LogP contribution < -0.4 is 4.74 Å². The van der Waals surface area contributed by atoms with Gasteiger partial charge >= 0.3 is 5.97 Å². The molecule has 4 nitrogen and oxygen atoms in total. The molecule has 0 N–H and O–H groups in total. The summed E-state index contributed by atoms with van der Waals surface area (Å²) in [5.41, 5.74) is 0.921. The molecule has 2 aromatic rings. The summed E-state index contributed by atoms with van der Waals surface area (Å²) in [6.45, 7) is 5.89. The number of methoxy groups -OCH3 is 1. The second-order valence-corrected chi connectivity index (χ2v) is 8.04. The molecule has 2 bridgehead atoms. The van der Waals surface area contributed by atoms with Crippen molar-refractivity contribution < 1.29 is 19.1 Å². The number of carbonyl (C=O) groups is 2. The van der Waals surface area contributed by atoms with Crippen LogP contribution in [0.5, 0.6) is 5.75 Å². The Morgan fingerprint density at radius 2 is 1.73 bits per heavy atom. The largest absolute Gasteiger partial charge is 0.497 e. The molecule has 4 aliphatic rings. The second kappa shape index (κ2) is 4.37. The number of hydrogen-bond acceptors (Lipinski definition) is 4. The summed E-state index contributed by atoms with van der Waals surface area (Å²) < 4.78 is 11.3. The maximum Gasteiger partial charge on any atom is 0.315 e. The zero-order valence-corrected chi connectivity index (χ0v) is 15.3. The first-order valence-corrected chi connectivity index (χ1v) is 8.86. The van der Waals surface area contributed by atoms with Crippen LogP contribution in [0.3, 0.4) is 0 Å². The average Bonchev–Trinajstić information content (AvgIpc) is 2.82. The molecule has 0 spiro atoms. The Balaban J connectivity index is 1.91. The van der Waals surface area contributed by atoms with E-state index >= 15 is 0 Å². The molecule has 0 amide bonds. The third-order valence-corrected chi connectivity index (χ3v) is 7.38. The molecular weight excluding hydrogens is 328 g/mol. The van der Waals surface area contributed by atoms with Crippen molar-refractivity contribution in [3.05, 3.63) is 64.7 Å². The molecule has 1 saturated heterocycles. The summed E-state index contributed by atoms with van der Waals surface area (Å²) in [6, 6.07) is 13.5. The van der Waals surface area contributed by atoms with E-state index in [-0.39, 0.29) is 11.8 Å². The Hall–Kier alpha value is -2.62. The molecule has 0 aromatic heterocycles. The van der Waals surface area contributed by atoms with Gasteiger partial charge in [0.15, 0.2) is 5.78 Å². The van der Waals surface area contributed by atoms with Gasteiger partial charge in [-0.3, -0.25) is 9.59 Å². The van der Waals surface area contributed by atoms with Gasteiger partial charge in [0.05, 0.1) is 18.4 Å². The highest BCUT2D eigenvalue weighted by Gasteiger charge is 2.77. The van der Waals surface area contributed by atoms with Crippen molar-refractivity contribution in [2.45, 2.75) is 37.7 Å². The highest BCUT2D eigenvalue weighted by Crippen LogP contribution is 2.72. The van der Waals surface area contributed by atoms with E-state index in [2.05, 4.69) is 0 Å². The first kappa shape index (κ1) is 15.6. The maximum atomic E-state index is 13.7. The summed E-state index contributed by atoms with van der Waals surface area (Å²) in [5.74, 6) is -0.0830. The van der Waals surface area contributed by atoms with Crippen LogP contribution in [0.25, 0.3) is 0 Å². The summed E-state index contributed by atoms with van der Waals surface area (Å²) in [6.07, 6.45) is 0. The molecule has 0 saturated carbocycles. The minimum atomic E-state index is -1.01. The zero-order valence-electron chi connectivity index (χ0n) is 15.3. The topological polar surface area (TPSA) is 52.6 Å². The number of ketones is 1. The highest BCUT2D eigenvalue weighted by molar-refractivity contribution is 6.11. The van der Waals surface area contributed by atoms with Gasteiger partial charge in [0.1, 0.15) is 11.4 Å². The van der Waals surface area contributed by atoms with E-state index in [1.165, 1.54) is 0 Å². The number of ether oxygens (including phenoxy) is 2. The van der Waals surface area contributed by atoms with Crippen molar-refractivity contribution in [2.75, 3.05) is 7.11 Å². The number of rotatable bonds is 1. The molecule has 2 aromatic carbocycles. The number of fused-ring (bicyclic) bond motifs is 2. The van der Waals surface area contributed by atoms with E-state index < -0.39 is 22.3 Å². The van der Waals surface area contributed by atoms with E-state index in [9.17, 15) is 9.59 Å².